The summed E-state index contributed by atoms with van der Waals surface area (Å²) in [6.45, 7) is 1.66. The minimum Gasteiger partial charge on any atom is -0.396 e. The molecule has 1 aliphatic carbocycles. The second-order valence-electron chi connectivity index (χ2n) is 2.50. The Morgan fingerprint density at radius 2 is 2.56 bits per heavy atom. The fourth-order valence-corrected chi connectivity index (χ4v) is 1.48. The SMILES string of the molecule is CC(=O)C1(Br)CC1CO. The van der Waals surface area contributed by atoms with Crippen molar-refractivity contribution in [3.63, 3.8) is 0 Å². The Kier molecular flexibility index (Phi) is 1.65. The maximum absolute atomic E-state index is 10.7. The molecular weight excluding hydrogens is 184 g/mol. The highest BCUT2D eigenvalue weighted by Crippen LogP contribution is 2.51. The molecule has 52 valence electrons. The van der Waals surface area contributed by atoms with Gasteiger partial charge in [0.05, 0.1) is 4.32 Å². The third kappa shape index (κ3) is 1.03. The Morgan fingerprint density at radius 3 is 2.67 bits per heavy atom. The van der Waals surface area contributed by atoms with Gasteiger partial charge in [-0.05, 0) is 13.3 Å². The van der Waals surface area contributed by atoms with Gasteiger partial charge in [-0.25, -0.2) is 0 Å². The van der Waals surface area contributed by atoms with Crippen molar-refractivity contribution in [2.24, 2.45) is 5.92 Å². The topological polar surface area (TPSA) is 37.3 Å². The normalized spacial score (nSPS) is 40.6. The van der Waals surface area contributed by atoms with Crippen LogP contribution in [0.15, 0.2) is 0 Å². The number of alkyl halides is 1. The van der Waals surface area contributed by atoms with Crippen LogP contribution >= 0.6 is 15.9 Å². The molecule has 0 aliphatic heterocycles. The largest absolute Gasteiger partial charge is 0.396 e. The Bertz CT molecular complexity index is 146. The van der Waals surface area contributed by atoms with E-state index in [0.717, 1.165) is 6.42 Å². The Labute approximate surface area is 62.4 Å². The van der Waals surface area contributed by atoms with Crippen LogP contribution in [0.5, 0.6) is 0 Å². The molecule has 0 aromatic rings. The van der Waals surface area contributed by atoms with Gasteiger partial charge in [-0.15, -0.1) is 0 Å². The maximum Gasteiger partial charge on any atom is 0.146 e. The van der Waals surface area contributed by atoms with Gasteiger partial charge in [-0.3, -0.25) is 4.79 Å². The molecule has 1 N–H and O–H groups in total. The summed E-state index contributed by atoms with van der Waals surface area (Å²) in [5.74, 6) is 0.288. The number of halogens is 1. The van der Waals surface area contributed by atoms with Crippen molar-refractivity contribution >= 4 is 21.7 Å². The average molecular weight is 193 g/mol. The van der Waals surface area contributed by atoms with Crippen LogP contribution in [0.3, 0.4) is 0 Å². The molecule has 0 heterocycles. The minimum atomic E-state index is -0.359. The number of rotatable bonds is 2. The molecule has 1 saturated carbocycles. The van der Waals surface area contributed by atoms with Crippen molar-refractivity contribution in [3.05, 3.63) is 0 Å². The lowest BCUT2D eigenvalue weighted by Gasteiger charge is -1.99. The number of ketones is 1. The summed E-state index contributed by atoms with van der Waals surface area (Å²) < 4.78 is -0.359. The molecule has 2 unspecified atom stereocenters. The first-order valence-corrected chi connectivity index (χ1v) is 3.71. The quantitative estimate of drug-likeness (QED) is 0.656. The van der Waals surface area contributed by atoms with Crippen LogP contribution in [0, 0.1) is 5.92 Å². The van der Waals surface area contributed by atoms with Crippen molar-refractivity contribution in [2.75, 3.05) is 6.61 Å². The molecule has 9 heavy (non-hydrogen) atoms. The van der Waals surface area contributed by atoms with Gasteiger partial charge in [-0.1, -0.05) is 15.9 Å². The fraction of sp³-hybridized carbons (Fsp3) is 0.833. The second-order valence-corrected chi connectivity index (χ2v) is 3.92. The van der Waals surface area contributed by atoms with E-state index >= 15 is 0 Å². The highest BCUT2D eigenvalue weighted by Gasteiger charge is 2.55. The smallest absolute Gasteiger partial charge is 0.146 e. The van der Waals surface area contributed by atoms with E-state index in [0.29, 0.717) is 0 Å². The zero-order chi connectivity index (χ0) is 7.07. The molecule has 1 fully saturated rings. The molecule has 0 aromatic carbocycles. The number of aliphatic hydroxyl groups excluding tert-OH is 1. The maximum atomic E-state index is 10.7. The molecule has 1 rings (SSSR count). The molecule has 0 bridgehead atoms. The summed E-state index contributed by atoms with van der Waals surface area (Å²) in [4.78, 5) is 10.7. The molecule has 2 atom stereocenters. The van der Waals surface area contributed by atoms with Crippen LogP contribution in [-0.4, -0.2) is 21.8 Å². The molecule has 3 heteroatoms. The van der Waals surface area contributed by atoms with E-state index < -0.39 is 0 Å². The highest BCUT2D eigenvalue weighted by molar-refractivity contribution is 9.10. The first kappa shape index (κ1) is 7.22. The van der Waals surface area contributed by atoms with Crippen molar-refractivity contribution in [3.8, 4) is 0 Å². The van der Waals surface area contributed by atoms with E-state index in [1.54, 1.807) is 6.92 Å². The number of carbonyl (C=O) groups is 1. The van der Waals surface area contributed by atoms with Crippen LogP contribution in [0.1, 0.15) is 13.3 Å². The Hall–Kier alpha value is 0.110. The predicted octanol–water partition coefficient (Wildman–Crippen LogP) is 0.721. The number of aliphatic hydroxyl groups is 1. The molecule has 0 saturated heterocycles. The van der Waals surface area contributed by atoms with Gasteiger partial charge in [0.2, 0.25) is 0 Å². The van der Waals surface area contributed by atoms with Crippen LogP contribution in [0.2, 0.25) is 0 Å². The molecule has 0 amide bonds. The zero-order valence-electron chi connectivity index (χ0n) is 5.22. The second kappa shape index (κ2) is 2.06. The van der Waals surface area contributed by atoms with E-state index in [4.69, 9.17) is 5.11 Å². The van der Waals surface area contributed by atoms with E-state index in [1.807, 2.05) is 0 Å². The van der Waals surface area contributed by atoms with Crippen molar-refractivity contribution in [1.29, 1.82) is 0 Å². The summed E-state index contributed by atoms with van der Waals surface area (Å²) in [7, 11) is 0. The van der Waals surface area contributed by atoms with E-state index in [-0.39, 0.29) is 22.6 Å². The van der Waals surface area contributed by atoms with Crippen LogP contribution in [-0.2, 0) is 4.79 Å². The van der Waals surface area contributed by atoms with Gasteiger partial charge in [-0.2, -0.15) is 0 Å². The lowest BCUT2D eigenvalue weighted by atomic mass is 10.2. The van der Waals surface area contributed by atoms with Gasteiger partial charge < -0.3 is 5.11 Å². The summed E-state index contributed by atoms with van der Waals surface area (Å²) >= 11 is 3.27. The fourth-order valence-electron chi connectivity index (χ4n) is 0.940. The van der Waals surface area contributed by atoms with Crippen LogP contribution in [0.4, 0.5) is 0 Å². The summed E-state index contributed by atoms with van der Waals surface area (Å²) in [5.41, 5.74) is 0. The monoisotopic (exact) mass is 192 g/mol. The first-order valence-electron chi connectivity index (χ1n) is 2.92. The van der Waals surface area contributed by atoms with E-state index in [1.165, 1.54) is 0 Å². The van der Waals surface area contributed by atoms with Gasteiger partial charge in [0.25, 0.3) is 0 Å². The van der Waals surface area contributed by atoms with E-state index in [9.17, 15) is 4.79 Å². The van der Waals surface area contributed by atoms with Crippen molar-refractivity contribution < 1.29 is 9.90 Å². The summed E-state index contributed by atoms with van der Waals surface area (Å²) in [6, 6.07) is 0. The molecule has 1 aliphatic rings. The molecule has 0 radical (unpaired) electrons. The molecule has 2 nitrogen and oxygen atoms in total. The Balaban J connectivity index is 2.52. The number of hydrogen-bond acceptors (Lipinski definition) is 2. The van der Waals surface area contributed by atoms with Gasteiger partial charge in [0.1, 0.15) is 5.78 Å². The molecule has 0 aromatic heterocycles. The lowest BCUT2D eigenvalue weighted by molar-refractivity contribution is -0.117. The molecule has 0 spiro atoms. The summed E-state index contributed by atoms with van der Waals surface area (Å²) in [6.07, 6.45) is 0.791. The minimum absolute atomic E-state index is 0.116. The van der Waals surface area contributed by atoms with Crippen LogP contribution in [0.25, 0.3) is 0 Å². The molecular formula is C6H9BrO2. The summed E-state index contributed by atoms with van der Waals surface area (Å²) in [5, 5.41) is 8.61. The van der Waals surface area contributed by atoms with Crippen molar-refractivity contribution in [1.82, 2.24) is 0 Å². The Morgan fingerprint density at radius 1 is 2.00 bits per heavy atom. The third-order valence-corrected chi connectivity index (χ3v) is 3.37. The van der Waals surface area contributed by atoms with Gasteiger partial charge in [0.15, 0.2) is 0 Å². The average Bonchev–Trinajstić information content (AvgIpc) is 2.44. The predicted molar refractivity (Wildman–Crippen MR) is 37.5 cm³/mol. The zero-order valence-corrected chi connectivity index (χ0v) is 6.81. The third-order valence-electron chi connectivity index (χ3n) is 1.84. The number of Topliss-reactive ketones (excluding diaryl/α,β-unsaturated/α-hetero) is 1. The van der Waals surface area contributed by atoms with Crippen molar-refractivity contribution in [2.45, 2.75) is 17.7 Å². The van der Waals surface area contributed by atoms with Gasteiger partial charge in [0, 0.05) is 12.5 Å². The van der Waals surface area contributed by atoms with Crippen LogP contribution < -0.4 is 0 Å². The lowest BCUT2D eigenvalue weighted by Crippen LogP contribution is -2.14. The highest BCUT2D eigenvalue weighted by atomic mass is 79.9. The van der Waals surface area contributed by atoms with Gasteiger partial charge >= 0.3 is 0 Å². The number of carbonyl (C=O) groups excluding carboxylic acids is 1. The standard InChI is InChI=1S/C6H9BrO2/c1-4(9)6(7)2-5(6)3-8/h5,8H,2-3H2,1H3. The first-order chi connectivity index (χ1) is 4.11. The van der Waals surface area contributed by atoms with E-state index in [2.05, 4.69) is 15.9 Å². The number of hydrogen-bond donors (Lipinski definition) is 1.